The minimum atomic E-state index is -1.97. The molecule has 2 atom stereocenters. The number of aryl methyl sites for hydroxylation is 1. The fraction of sp³-hybridized carbons (Fsp3) is 0.375. The first-order chi connectivity index (χ1) is 27.0. The van der Waals surface area contributed by atoms with Crippen molar-refractivity contribution in [2.45, 2.75) is 77.4 Å². The zero-order valence-corrected chi connectivity index (χ0v) is 31.1. The predicted molar refractivity (Wildman–Crippen MR) is 201 cm³/mol. The molecule has 0 spiro atoms. The molecule has 2 aromatic carbocycles. The van der Waals surface area contributed by atoms with Gasteiger partial charge in [0.1, 0.15) is 44.5 Å². The Hall–Kier alpha value is -6.13. The number of unbranched alkanes of at least 4 members (excludes halogenated alkanes) is 1. The van der Waals surface area contributed by atoms with Crippen LogP contribution >= 0.6 is 0 Å². The summed E-state index contributed by atoms with van der Waals surface area (Å²) in [7, 11) is 0. The van der Waals surface area contributed by atoms with Crippen LogP contribution in [0.15, 0.2) is 53.3 Å². The summed E-state index contributed by atoms with van der Waals surface area (Å²) in [4.78, 5) is 81.3. The van der Waals surface area contributed by atoms with Gasteiger partial charge in [-0.2, -0.15) is 0 Å². The number of benzene rings is 2. The number of hydrogen-bond acceptors (Lipinski definition) is 13. The third-order valence-corrected chi connectivity index (χ3v) is 9.96. The maximum atomic E-state index is 14.0. The SMILES string of the molecule is CCc1c2c(nc3ccc(O)cc13)-c1cc3c(c(=O)n1C2)COC(=O)C3(CC)OC(=O)OCc1ccc(NC(=O)C(CCCCN)NC(=O)COCC=O)cc1. The first kappa shape index (κ1) is 39.6. The molecular formula is C40H43N5O11. The summed E-state index contributed by atoms with van der Waals surface area (Å²) < 4.78 is 23.1. The van der Waals surface area contributed by atoms with Gasteiger partial charge >= 0.3 is 12.1 Å². The molecule has 0 bridgehead atoms. The first-order valence-corrected chi connectivity index (χ1v) is 18.4. The van der Waals surface area contributed by atoms with Crippen molar-refractivity contribution < 1.29 is 48.0 Å². The number of aldehydes is 1. The Labute approximate surface area is 321 Å². The molecule has 16 nitrogen and oxygen atoms in total. The number of nitrogens with one attached hydrogen (secondary N) is 2. The molecule has 0 fully saturated rings. The Kier molecular flexibility index (Phi) is 12.1. The summed E-state index contributed by atoms with van der Waals surface area (Å²) in [6.07, 6.45) is 1.50. The summed E-state index contributed by atoms with van der Waals surface area (Å²) >= 11 is 0. The van der Waals surface area contributed by atoms with Gasteiger partial charge in [-0.05, 0) is 86.2 Å². The van der Waals surface area contributed by atoms with Crippen molar-refractivity contribution in [1.29, 1.82) is 0 Å². The Morgan fingerprint density at radius 2 is 1.88 bits per heavy atom. The van der Waals surface area contributed by atoms with Crippen molar-refractivity contribution in [1.82, 2.24) is 14.9 Å². The van der Waals surface area contributed by atoms with Crippen LogP contribution in [0.3, 0.4) is 0 Å². The lowest BCUT2D eigenvalue weighted by molar-refractivity contribution is -0.175. The zero-order chi connectivity index (χ0) is 40.0. The minimum Gasteiger partial charge on any atom is -0.508 e. The monoisotopic (exact) mass is 769 g/mol. The predicted octanol–water partition coefficient (Wildman–Crippen LogP) is 3.48. The van der Waals surface area contributed by atoms with Crippen molar-refractivity contribution in [3.05, 3.63) is 86.7 Å². The van der Waals surface area contributed by atoms with Crippen molar-refractivity contribution >= 4 is 46.8 Å². The number of pyridine rings is 2. The number of hydrogen-bond donors (Lipinski definition) is 4. The quantitative estimate of drug-likeness (QED) is 0.0641. The third-order valence-electron chi connectivity index (χ3n) is 9.96. The molecule has 2 aliphatic rings. The van der Waals surface area contributed by atoms with E-state index in [2.05, 4.69) is 10.6 Å². The number of cyclic esters (lactones) is 1. The molecule has 5 N–H and O–H groups in total. The van der Waals surface area contributed by atoms with E-state index in [1.165, 1.54) is 0 Å². The largest absolute Gasteiger partial charge is 0.510 e. The molecule has 4 aromatic rings. The lowest BCUT2D eigenvalue weighted by Crippen LogP contribution is -2.47. The smallest absolute Gasteiger partial charge is 0.508 e. The van der Waals surface area contributed by atoms with Crippen molar-refractivity contribution in [2.75, 3.05) is 25.1 Å². The lowest BCUT2D eigenvalue weighted by atomic mass is 9.85. The van der Waals surface area contributed by atoms with E-state index in [0.717, 1.165) is 16.5 Å². The number of carbonyl (C=O) groups excluding carboxylic acids is 5. The molecule has 2 amide bonds. The van der Waals surface area contributed by atoms with Crippen LogP contribution in [0.1, 0.15) is 67.3 Å². The van der Waals surface area contributed by atoms with Gasteiger partial charge in [0, 0.05) is 22.2 Å². The van der Waals surface area contributed by atoms with E-state index in [-0.39, 0.29) is 56.3 Å². The van der Waals surface area contributed by atoms with Crippen molar-refractivity contribution in [2.24, 2.45) is 5.73 Å². The molecule has 56 heavy (non-hydrogen) atoms. The highest BCUT2D eigenvalue weighted by molar-refractivity contribution is 5.97. The number of fused-ring (bicyclic) bond motifs is 5. The maximum absolute atomic E-state index is 14.0. The molecule has 6 rings (SSSR count). The van der Waals surface area contributed by atoms with Crippen LogP contribution in [0.25, 0.3) is 22.3 Å². The van der Waals surface area contributed by atoms with E-state index in [1.54, 1.807) is 60.0 Å². The molecule has 0 saturated heterocycles. The van der Waals surface area contributed by atoms with Gasteiger partial charge in [-0.1, -0.05) is 26.0 Å². The molecule has 2 aromatic heterocycles. The summed E-state index contributed by atoms with van der Waals surface area (Å²) in [6.45, 7) is 3.13. The normalized spacial score (nSPS) is 15.9. The van der Waals surface area contributed by atoms with Crippen LogP contribution in [0, 0.1) is 0 Å². The van der Waals surface area contributed by atoms with E-state index in [9.17, 15) is 33.9 Å². The molecule has 4 heterocycles. The summed E-state index contributed by atoms with van der Waals surface area (Å²) in [5.41, 5.74) is 7.99. The topological polar surface area (TPSA) is 227 Å². The number of amides is 2. The fourth-order valence-corrected chi connectivity index (χ4v) is 7.14. The number of carbonyl (C=O) groups is 5. The summed E-state index contributed by atoms with van der Waals surface area (Å²) in [6, 6.07) is 12.1. The van der Waals surface area contributed by atoms with Crippen LogP contribution in [0.5, 0.6) is 5.75 Å². The third kappa shape index (κ3) is 7.97. The van der Waals surface area contributed by atoms with Gasteiger partial charge in [-0.3, -0.25) is 14.4 Å². The van der Waals surface area contributed by atoms with Crippen LogP contribution in [-0.4, -0.2) is 70.7 Å². The van der Waals surface area contributed by atoms with Gasteiger partial charge in [0.2, 0.25) is 17.4 Å². The Bertz CT molecular complexity index is 2240. The van der Waals surface area contributed by atoms with Crippen molar-refractivity contribution in [3.63, 3.8) is 0 Å². The Morgan fingerprint density at radius 1 is 1.09 bits per heavy atom. The van der Waals surface area contributed by atoms with E-state index >= 15 is 0 Å². The van der Waals surface area contributed by atoms with Gasteiger partial charge in [0.15, 0.2) is 0 Å². The van der Waals surface area contributed by atoms with Crippen LogP contribution < -0.4 is 21.9 Å². The minimum absolute atomic E-state index is 0.0534. The number of phenols is 1. The molecule has 2 aliphatic heterocycles. The number of ether oxygens (including phenoxy) is 4. The number of aromatic hydroxyl groups is 1. The van der Waals surface area contributed by atoms with Crippen molar-refractivity contribution in [3.8, 4) is 17.1 Å². The molecule has 0 saturated carbocycles. The summed E-state index contributed by atoms with van der Waals surface area (Å²) in [5, 5.41) is 16.3. The van der Waals surface area contributed by atoms with Gasteiger partial charge in [-0.15, -0.1) is 0 Å². The van der Waals surface area contributed by atoms with E-state index < -0.39 is 41.1 Å². The highest BCUT2D eigenvalue weighted by Crippen LogP contribution is 2.42. The van der Waals surface area contributed by atoms with E-state index in [4.69, 9.17) is 29.7 Å². The van der Waals surface area contributed by atoms with Gasteiger partial charge in [0.05, 0.1) is 29.0 Å². The fourth-order valence-electron chi connectivity index (χ4n) is 7.14. The average molecular weight is 770 g/mol. The molecule has 0 radical (unpaired) electrons. The molecule has 2 unspecified atom stereocenters. The van der Waals surface area contributed by atoms with Crippen LogP contribution in [-0.2, 0) is 69.9 Å². The molecular weight excluding hydrogens is 726 g/mol. The number of anilines is 1. The Morgan fingerprint density at radius 3 is 2.59 bits per heavy atom. The Balaban J connectivity index is 1.16. The van der Waals surface area contributed by atoms with E-state index in [0.29, 0.717) is 66.7 Å². The summed E-state index contributed by atoms with van der Waals surface area (Å²) in [5.74, 6) is -1.75. The highest BCUT2D eigenvalue weighted by Gasteiger charge is 2.51. The number of aromatic nitrogens is 2. The van der Waals surface area contributed by atoms with Crippen LogP contribution in [0.4, 0.5) is 10.5 Å². The number of esters is 1. The average Bonchev–Trinajstić information content (AvgIpc) is 3.56. The second-order valence-corrected chi connectivity index (χ2v) is 13.5. The van der Waals surface area contributed by atoms with E-state index in [1.807, 2.05) is 6.92 Å². The second-order valence-electron chi connectivity index (χ2n) is 13.5. The number of phenolic OH excluding ortho intramolecular Hbond substituents is 1. The first-order valence-electron chi connectivity index (χ1n) is 18.4. The molecule has 16 heteroatoms. The number of nitrogens with two attached hydrogens (primary N) is 1. The number of nitrogens with zero attached hydrogens (tertiary/aromatic N) is 2. The standard InChI is InChI=1S/C40H43N5O11/c1-3-26-27-17-25(47)12-13-31(27)44-35-28(26)19-45-33(35)18-30-29(37(45)50)21-54-38(51)40(30,4-2)56-39(52)55-20-23-8-10-24(11-9-23)42-36(49)32(7-5-6-14-41)43-34(48)22-53-16-15-46/h8-13,15,17-18,32,47H,3-7,14,16,19-22,41H2,1-2H3,(H,42,49)(H,43,48). The van der Waals surface area contributed by atoms with Gasteiger partial charge in [0.25, 0.3) is 5.56 Å². The second kappa shape index (κ2) is 17.1. The van der Waals surface area contributed by atoms with Gasteiger partial charge in [-0.25, -0.2) is 14.6 Å². The van der Waals surface area contributed by atoms with Crippen LogP contribution in [0.2, 0.25) is 0 Å². The zero-order valence-electron chi connectivity index (χ0n) is 31.1. The highest BCUT2D eigenvalue weighted by atomic mass is 16.7. The number of rotatable bonds is 16. The molecule has 0 aliphatic carbocycles. The molecule has 294 valence electrons. The lowest BCUT2D eigenvalue weighted by Gasteiger charge is -2.35. The van der Waals surface area contributed by atoms with Gasteiger partial charge < -0.3 is 49.8 Å². The maximum Gasteiger partial charge on any atom is 0.510 e.